The van der Waals surface area contributed by atoms with E-state index in [9.17, 15) is 14.6 Å². The number of thiocarbonyl (C=S) groups is 1. The molecule has 2 aromatic heterocycles. The number of halogens is 1. The van der Waals surface area contributed by atoms with Crippen LogP contribution < -0.4 is 10.6 Å². The average Bonchev–Trinajstić information content (AvgIpc) is 3.25. The van der Waals surface area contributed by atoms with Gasteiger partial charge in [-0.2, -0.15) is 0 Å². The normalized spacial score (nSPS) is 24.0. The molecule has 1 aliphatic rings. The van der Waals surface area contributed by atoms with Crippen molar-refractivity contribution in [2.24, 2.45) is 0 Å². The van der Waals surface area contributed by atoms with Crippen LogP contribution in [0.3, 0.4) is 0 Å². The first kappa shape index (κ1) is 19.6. The quantitative estimate of drug-likeness (QED) is 0.454. The lowest BCUT2D eigenvalue weighted by molar-refractivity contribution is -0.0218. The lowest BCUT2D eigenvalue weighted by Crippen LogP contribution is -2.41. The number of hydrogen-bond acceptors (Lipinski definition) is 8. The van der Waals surface area contributed by atoms with Gasteiger partial charge in [-0.3, -0.25) is 4.57 Å². The number of likely N-dealkylation sites (N-methyl/N-ethyl adjacent to an activating group) is 1. The molecule has 1 aliphatic heterocycles. The molecule has 3 aromatic rings. The monoisotopic (exact) mass is 418 g/mol. The van der Waals surface area contributed by atoms with Crippen molar-refractivity contribution < 1.29 is 19.3 Å². The van der Waals surface area contributed by atoms with Gasteiger partial charge in [0.15, 0.2) is 23.2 Å². The SMILES string of the molecule is CCNC(=S)[C@H]1O[C@@H](n2cnc3c(Nc4cccc(F)c4)ncnc32)[C@H](O)[C@@H]1O. The Labute approximate surface area is 170 Å². The van der Waals surface area contributed by atoms with Gasteiger partial charge in [-0.1, -0.05) is 18.3 Å². The second kappa shape index (κ2) is 7.95. The van der Waals surface area contributed by atoms with Gasteiger partial charge in [-0.05, 0) is 25.1 Å². The smallest absolute Gasteiger partial charge is 0.167 e. The van der Waals surface area contributed by atoms with E-state index in [0.29, 0.717) is 34.2 Å². The molecule has 4 N–H and O–H groups in total. The first-order valence-electron chi connectivity index (χ1n) is 8.99. The second-order valence-corrected chi connectivity index (χ2v) is 6.94. The second-order valence-electron chi connectivity index (χ2n) is 6.50. The molecule has 152 valence electrons. The molecule has 0 spiro atoms. The van der Waals surface area contributed by atoms with Crippen molar-refractivity contribution >= 4 is 39.9 Å². The highest BCUT2D eigenvalue weighted by atomic mass is 32.1. The van der Waals surface area contributed by atoms with Gasteiger partial charge in [0.05, 0.1) is 6.33 Å². The molecule has 0 saturated carbocycles. The molecule has 0 aliphatic carbocycles. The van der Waals surface area contributed by atoms with E-state index >= 15 is 0 Å². The molecule has 3 heterocycles. The lowest BCUT2D eigenvalue weighted by Gasteiger charge is -2.17. The fraction of sp³-hybridized carbons (Fsp3) is 0.333. The molecular weight excluding hydrogens is 399 g/mol. The van der Waals surface area contributed by atoms with Crippen LogP contribution in [-0.4, -0.2) is 59.6 Å². The summed E-state index contributed by atoms with van der Waals surface area (Å²) < 4.78 is 20.8. The van der Waals surface area contributed by atoms with Gasteiger partial charge < -0.3 is 25.6 Å². The first-order valence-corrected chi connectivity index (χ1v) is 9.40. The molecule has 0 bridgehead atoms. The molecule has 0 radical (unpaired) electrons. The van der Waals surface area contributed by atoms with Gasteiger partial charge in [-0.15, -0.1) is 0 Å². The third-order valence-electron chi connectivity index (χ3n) is 4.57. The van der Waals surface area contributed by atoms with Crippen molar-refractivity contribution in [3.05, 3.63) is 42.7 Å². The maximum atomic E-state index is 13.5. The Bertz CT molecular complexity index is 1050. The van der Waals surface area contributed by atoms with E-state index in [2.05, 4.69) is 25.6 Å². The number of hydrogen-bond donors (Lipinski definition) is 4. The predicted octanol–water partition coefficient (Wildman–Crippen LogP) is 1.27. The zero-order valence-corrected chi connectivity index (χ0v) is 16.2. The van der Waals surface area contributed by atoms with Gasteiger partial charge in [0.2, 0.25) is 0 Å². The van der Waals surface area contributed by atoms with Crippen molar-refractivity contribution in [3.8, 4) is 0 Å². The first-order chi connectivity index (χ1) is 14.0. The minimum Gasteiger partial charge on any atom is -0.387 e. The minimum atomic E-state index is -1.23. The molecular formula is C18H19FN6O3S. The molecule has 1 fully saturated rings. The van der Waals surface area contributed by atoms with Gasteiger partial charge in [0.1, 0.15) is 35.4 Å². The van der Waals surface area contributed by atoms with Crippen LogP contribution in [0.2, 0.25) is 0 Å². The largest absolute Gasteiger partial charge is 0.387 e. The topological polar surface area (TPSA) is 117 Å². The number of nitrogens with zero attached hydrogens (tertiary/aromatic N) is 4. The maximum Gasteiger partial charge on any atom is 0.167 e. The molecule has 29 heavy (non-hydrogen) atoms. The number of anilines is 2. The number of fused-ring (bicyclic) bond motifs is 1. The summed E-state index contributed by atoms with van der Waals surface area (Å²) in [5.41, 5.74) is 1.29. The fourth-order valence-corrected chi connectivity index (χ4v) is 3.55. The summed E-state index contributed by atoms with van der Waals surface area (Å²) in [4.78, 5) is 13.0. The van der Waals surface area contributed by atoms with E-state index in [1.165, 1.54) is 29.4 Å². The molecule has 4 atom stereocenters. The van der Waals surface area contributed by atoms with E-state index in [1.54, 1.807) is 12.1 Å². The van der Waals surface area contributed by atoms with Crippen molar-refractivity contribution in [2.75, 3.05) is 11.9 Å². The van der Waals surface area contributed by atoms with Crippen molar-refractivity contribution in [2.45, 2.75) is 31.5 Å². The summed E-state index contributed by atoms with van der Waals surface area (Å²) in [6.07, 6.45) is -1.46. The van der Waals surface area contributed by atoms with Crippen LogP contribution in [-0.2, 0) is 4.74 Å². The molecule has 1 aromatic carbocycles. The van der Waals surface area contributed by atoms with Crippen LogP contribution in [0.5, 0.6) is 0 Å². The molecule has 0 amide bonds. The minimum absolute atomic E-state index is 0.314. The third kappa shape index (κ3) is 3.65. The van der Waals surface area contributed by atoms with Crippen LogP contribution in [0.4, 0.5) is 15.9 Å². The zero-order chi connectivity index (χ0) is 20.5. The number of aliphatic hydroxyl groups is 2. The van der Waals surface area contributed by atoms with Gasteiger partial charge in [0, 0.05) is 12.2 Å². The number of imidazole rings is 1. The Morgan fingerprint density at radius 1 is 1.28 bits per heavy atom. The zero-order valence-electron chi connectivity index (χ0n) is 15.4. The molecule has 4 rings (SSSR count). The lowest BCUT2D eigenvalue weighted by atomic mass is 10.1. The van der Waals surface area contributed by atoms with E-state index in [0.717, 1.165) is 0 Å². The van der Waals surface area contributed by atoms with Crippen LogP contribution in [0, 0.1) is 5.82 Å². The summed E-state index contributed by atoms with van der Waals surface area (Å²) in [5.74, 6) is -0.0166. The molecule has 1 saturated heterocycles. The summed E-state index contributed by atoms with van der Waals surface area (Å²) in [6.45, 7) is 2.44. The maximum absolute atomic E-state index is 13.5. The number of nitrogens with one attached hydrogen (secondary N) is 2. The number of rotatable bonds is 5. The standard InChI is InChI=1S/C18H19FN6O3S/c1-2-20-17(29)14-12(26)13(27)18(28-14)25-8-23-11-15(21-7-22-16(11)25)24-10-5-3-4-9(19)6-10/h3-8,12-14,18,26-27H,2H2,1H3,(H,20,29)(H,21,22,24)/t12-,13+,14-,18+/m0/s1. The Hall–Kier alpha value is -2.73. The van der Waals surface area contributed by atoms with E-state index in [4.69, 9.17) is 17.0 Å². The van der Waals surface area contributed by atoms with Gasteiger partial charge in [0.25, 0.3) is 0 Å². The summed E-state index contributed by atoms with van der Waals surface area (Å²) in [5, 5.41) is 26.8. The Balaban J connectivity index is 1.65. The van der Waals surface area contributed by atoms with Crippen molar-refractivity contribution in [3.63, 3.8) is 0 Å². The number of benzene rings is 1. The summed E-state index contributed by atoms with van der Waals surface area (Å²) >= 11 is 5.23. The van der Waals surface area contributed by atoms with Crippen molar-refractivity contribution in [1.82, 2.24) is 24.8 Å². The Kier molecular flexibility index (Phi) is 5.37. The molecule has 0 unspecified atom stereocenters. The highest BCUT2D eigenvalue weighted by molar-refractivity contribution is 7.80. The van der Waals surface area contributed by atoms with Crippen LogP contribution in [0.25, 0.3) is 11.2 Å². The van der Waals surface area contributed by atoms with E-state index < -0.39 is 24.5 Å². The highest BCUT2D eigenvalue weighted by Crippen LogP contribution is 2.33. The fourth-order valence-electron chi connectivity index (χ4n) is 3.21. The predicted molar refractivity (Wildman–Crippen MR) is 107 cm³/mol. The van der Waals surface area contributed by atoms with Crippen LogP contribution in [0.1, 0.15) is 13.2 Å². The van der Waals surface area contributed by atoms with E-state index in [-0.39, 0.29) is 5.82 Å². The number of aromatic nitrogens is 4. The van der Waals surface area contributed by atoms with Gasteiger partial charge in [-0.25, -0.2) is 19.3 Å². The molecule has 11 heteroatoms. The Morgan fingerprint density at radius 2 is 2.10 bits per heavy atom. The molecule has 9 nitrogen and oxygen atoms in total. The summed E-state index contributed by atoms with van der Waals surface area (Å²) in [7, 11) is 0. The van der Waals surface area contributed by atoms with Crippen LogP contribution >= 0.6 is 12.2 Å². The van der Waals surface area contributed by atoms with E-state index in [1.807, 2.05) is 6.92 Å². The average molecular weight is 418 g/mol. The van der Waals surface area contributed by atoms with Crippen LogP contribution in [0.15, 0.2) is 36.9 Å². The number of ether oxygens (including phenoxy) is 1. The van der Waals surface area contributed by atoms with Gasteiger partial charge >= 0.3 is 0 Å². The number of aliphatic hydroxyl groups excluding tert-OH is 2. The highest BCUT2D eigenvalue weighted by Gasteiger charge is 2.46. The Morgan fingerprint density at radius 3 is 2.86 bits per heavy atom. The third-order valence-corrected chi connectivity index (χ3v) is 4.94. The summed E-state index contributed by atoms with van der Waals surface area (Å²) in [6, 6.07) is 5.94. The van der Waals surface area contributed by atoms with Crippen molar-refractivity contribution in [1.29, 1.82) is 0 Å².